The molecule has 0 bridgehead atoms. The number of piperidine rings is 1. The van der Waals surface area contributed by atoms with Gasteiger partial charge in [-0.05, 0) is 64.9 Å². The first-order valence-corrected chi connectivity index (χ1v) is 10.2. The highest BCUT2D eigenvalue weighted by Crippen LogP contribution is 2.39. The molecular weight excluding hydrogens is 370 g/mol. The molecular formula is C22H26ClN5. The van der Waals surface area contributed by atoms with Crippen LogP contribution < -0.4 is 0 Å². The second-order valence-corrected chi connectivity index (χ2v) is 8.83. The normalized spacial score (nSPS) is 16.4. The van der Waals surface area contributed by atoms with Crippen LogP contribution in [0.5, 0.6) is 0 Å². The largest absolute Gasteiger partial charge is 0.298 e. The maximum Gasteiger partial charge on any atom is 0.116 e. The van der Waals surface area contributed by atoms with Crippen molar-refractivity contribution in [3.8, 4) is 22.5 Å². The molecule has 0 radical (unpaired) electrons. The van der Waals surface area contributed by atoms with Crippen LogP contribution >= 0.6 is 11.6 Å². The molecule has 5 nitrogen and oxygen atoms in total. The summed E-state index contributed by atoms with van der Waals surface area (Å²) < 4.78 is 0. The predicted octanol–water partition coefficient (Wildman–Crippen LogP) is 5.17. The summed E-state index contributed by atoms with van der Waals surface area (Å²) in [5.74, 6) is 0.442. The zero-order valence-corrected chi connectivity index (χ0v) is 17.4. The van der Waals surface area contributed by atoms with Gasteiger partial charge in [-0.2, -0.15) is 5.10 Å². The number of nitrogens with zero attached hydrogens (tertiary/aromatic N) is 4. The summed E-state index contributed by atoms with van der Waals surface area (Å²) >= 11 is 6.08. The number of aromatic nitrogens is 4. The summed E-state index contributed by atoms with van der Waals surface area (Å²) in [6.45, 7) is 9.04. The summed E-state index contributed by atoms with van der Waals surface area (Å²) in [7, 11) is 0. The van der Waals surface area contributed by atoms with E-state index >= 15 is 0 Å². The van der Waals surface area contributed by atoms with Crippen LogP contribution in [0.3, 0.4) is 0 Å². The van der Waals surface area contributed by atoms with Gasteiger partial charge in [0.15, 0.2) is 0 Å². The van der Waals surface area contributed by atoms with Gasteiger partial charge in [0.1, 0.15) is 12.0 Å². The van der Waals surface area contributed by atoms with Gasteiger partial charge in [0, 0.05) is 39.5 Å². The summed E-state index contributed by atoms with van der Waals surface area (Å²) in [4.78, 5) is 11.2. The molecule has 6 heteroatoms. The quantitative estimate of drug-likeness (QED) is 0.665. The van der Waals surface area contributed by atoms with Crippen molar-refractivity contribution in [3.63, 3.8) is 0 Å². The lowest BCUT2D eigenvalue weighted by atomic mass is 9.87. The molecule has 28 heavy (non-hydrogen) atoms. The van der Waals surface area contributed by atoms with E-state index in [0.29, 0.717) is 5.92 Å². The van der Waals surface area contributed by atoms with Crippen molar-refractivity contribution in [2.45, 2.75) is 45.1 Å². The Hall–Kier alpha value is -2.24. The molecule has 1 saturated heterocycles. The van der Waals surface area contributed by atoms with E-state index in [-0.39, 0.29) is 5.54 Å². The second-order valence-electron chi connectivity index (χ2n) is 8.39. The van der Waals surface area contributed by atoms with E-state index in [2.05, 4.69) is 40.7 Å². The van der Waals surface area contributed by atoms with Gasteiger partial charge in [0.2, 0.25) is 0 Å². The smallest absolute Gasteiger partial charge is 0.116 e. The molecule has 1 aliphatic rings. The fourth-order valence-electron chi connectivity index (χ4n) is 4.00. The molecule has 3 aromatic rings. The Labute approximate surface area is 171 Å². The van der Waals surface area contributed by atoms with Crippen molar-refractivity contribution >= 4 is 11.6 Å². The molecule has 3 heterocycles. The predicted molar refractivity (Wildman–Crippen MR) is 113 cm³/mol. The number of hydrogen-bond donors (Lipinski definition) is 1. The van der Waals surface area contributed by atoms with E-state index < -0.39 is 0 Å². The number of halogens is 1. The molecule has 1 aromatic carbocycles. The first-order valence-electron chi connectivity index (χ1n) is 9.79. The Balaban J connectivity index is 1.71. The highest BCUT2D eigenvalue weighted by Gasteiger charge is 2.31. The van der Waals surface area contributed by atoms with Crippen molar-refractivity contribution in [2.24, 2.45) is 0 Å². The Morgan fingerprint density at radius 2 is 1.79 bits per heavy atom. The molecule has 2 aromatic heterocycles. The van der Waals surface area contributed by atoms with Gasteiger partial charge < -0.3 is 0 Å². The molecule has 0 amide bonds. The third kappa shape index (κ3) is 3.82. The topological polar surface area (TPSA) is 57.7 Å². The number of H-pyrrole nitrogens is 1. The minimum absolute atomic E-state index is 0.211. The molecule has 1 aliphatic heterocycles. The molecule has 1 fully saturated rings. The summed E-state index contributed by atoms with van der Waals surface area (Å²) in [6, 6.07) is 9.77. The van der Waals surface area contributed by atoms with E-state index in [0.717, 1.165) is 53.5 Å². The van der Waals surface area contributed by atoms with Crippen LogP contribution in [0.15, 0.2) is 42.9 Å². The van der Waals surface area contributed by atoms with Gasteiger partial charge >= 0.3 is 0 Å². The number of hydrogen-bond acceptors (Lipinski definition) is 4. The van der Waals surface area contributed by atoms with Crippen molar-refractivity contribution in [3.05, 3.63) is 53.6 Å². The van der Waals surface area contributed by atoms with Crippen LogP contribution in [0.25, 0.3) is 22.5 Å². The Morgan fingerprint density at radius 1 is 1.07 bits per heavy atom. The van der Waals surface area contributed by atoms with E-state index in [9.17, 15) is 0 Å². The van der Waals surface area contributed by atoms with Crippen molar-refractivity contribution in [2.75, 3.05) is 13.1 Å². The Bertz CT molecular complexity index is 920. The molecule has 0 saturated carbocycles. The number of benzene rings is 1. The van der Waals surface area contributed by atoms with E-state index in [4.69, 9.17) is 16.7 Å². The van der Waals surface area contributed by atoms with E-state index in [1.54, 1.807) is 12.5 Å². The average molecular weight is 396 g/mol. The number of likely N-dealkylation sites (tertiary alicyclic amines) is 1. The van der Waals surface area contributed by atoms with Gasteiger partial charge in [-0.15, -0.1) is 0 Å². The minimum atomic E-state index is 0.211. The van der Waals surface area contributed by atoms with Crippen molar-refractivity contribution < 1.29 is 0 Å². The molecule has 0 unspecified atom stereocenters. The van der Waals surface area contributed by atoms with Crippen LogP contribution in [0.1, 0.15) is 45.2 Å². The Kier molecular flexibility index (Phi) is 5.21. The van der Waals surface area contributed by atoms with Gasteiger partial charge in [-0.3, -0.25) is 10.00 Å². The van der Waals surface area contributed by atoms with Crippen molar-refractivity contribution in [1.29, 1.82) is 0 Å². The fraction of sp³-hybridized carbons (Fsp3) is 0.409. The molecule has 146 valence electrons. The third-order valence-electron chi connectivity index (χ3n) is 5.60. The van der Waals surface area contributed by atoms with Crippen LogP contribution in [-0.2, 0) is 0 Å². The number of rotatable bonds is 3. The average Bonchev–Trinajstić information content (AvgIpc) is 3.14. The maximum absolute atomic E-state index is 6.08. The summed E-state index contributed by atoms with van der Waals surface area (Å²) in [5.41, 5.74) is 5.33. The van der Waals surface area contributed by atoms with Crippen LogP contribution in [0.2, 0.25) is 5.02 Å². The van der Waals surface area contributed by atoms with Crippen LogP contribution in [-0.4, -0.2) is 43.7 Å². The minimum Gasteiger partial charge on any atom is -0.298 e. The summed E-state index contributed by atoms with van der Waals surface area (Å²) in [6.07, 6.45) is 5.60. The highest BCUT2D eigenvalue weighted by molar-refractivity contribution is 6.30. The molecule has 0 aliphatic carbocycles. The van der Waals surface area contributed by atoms with Gasteiger partial charge in [0.25, 0.3) is 0 Å². The third-order valence-corrected chi connectivity index (χ3v) is 5.85. The highest BCUT2D eigenvalue weighted by atomic mass is 35.5. The van der Waals surface area contributed by atoms with Gasteiger partial charge in [-0.25, -0.2) is 9.97 Å². The summed E-state index contributed by atoms with van der Waals surface area (Å²) in [5, 5.41) is 8.76. The number of aromatic amines is 1. The SMILES string of the molecule is CC(C)(C)N1CCC(c2[nH]nc(-c3ccc(Cl)cc3)c2-c2ccncn2)CC1. The standard InChI is InChI=1S/C22H26ClN5/c1-22(2,3)28-12-9-16(10-13-28)21-19(18-8-11-24-14-25-18)20(26-27-21)15-4-6-17(23)7-5-15/h4-8,11,14,16H,9-10,12-13H2,1-3H3,(H,26,27). The lowest BCUT2D eigenvalue weighted by Crippen LogP contribution is -2.45. The molecule has 1 N–H and O–H groups in total. The lowest BCUT2D eigenvalue weighted by molar-refractivity contribution is 0.102. The van der Waals surface area contributed by atoms with E-state index in [1.165, 1.54) is 5.69 Å². The van der Waals surface area contributed by atoms with Crippen LogP contribution in [0.4, 0.5) is 0 Å². The lowest BCUT2D eigenvalue weighted by Gasteiger charge is -2.40. The zero-order chi connectivity index (χ0) is 19.7. The number of nitrogens with one attached hydrogen (secondary N) is 1. The van der Waals surface area contributed by atoms with Gasteiger partial charge in [0.05, 0.1) is 5.69 Å². The van der Waals surface area contributed by atoms with Crippen molar-refractivity contribution in [1.82, 2.24) is 25.1 Å². The molecule has 0 spiro atoms. The molecule has 4 rings (SSSR count). The first-order chi connectivity index (χ1) is 13.4. The zero-order valence-electron chi connectivity index (χ0n) is 16.6. The van der Waals surface area contributed by atoms with E-state index in [1.807, 2.05) is 30.3 Å². The second kappa shape index (κ2) is 7.64. The maximum atomic E-state index is 6.08. The Morgan fingerprint density at radius 3 is 2.39 bits per heavy atom. The first kappa shape index (κ1) is 19.1. The molecule has 0 atom stereocenters. The fourth-order valence-corrected chi connectivity index (χ4v) is 4.13. The van der Waals surface area contributed by atoms with Crippen LogP contribution in [0, 0.1) is 0 Å². The van der Waals surface area contributed by atoms with Gasteiger partial charge in [-0.1, -0.05) is 23.7 Å². The monoisotopic (exact) mass is 395 g/mol.